The van der Waals surface area contributed by atoms with Crippen molar-refractivity contribution in [2.75, 3.05) is 25.5 Å². The number of aliphatic imine (C=N–C) groups is 1. The average molecular weight is 403 g/mol. The molecule has 0 saturated heterocycles. The molecule has 7 nitrogen and oxygen atoms in total. The zero-order valence-corrected chi connectivity index (χ0v) is 17.0. The summed E-state index contributed by atoms with van der Waals surface area (Å²) in [5.74, 6) is 0.908. The van der Waals surface area contributed by atoms with Gasteiger partial charge in [-0.3, -0.25) is 9.79 Å². The maximum atomic E-state index is 12.0. The molecule has 1 aliphatic rings. The van der Waals surface area contributed by atoms with Crippen LogP contribution in [0.25, 0.3) is 5.69 Å². The number of nitrogens with zero attached hydrogens (tertiary/aromatic N) is 3. The highest BCUT2D eigenvalue weighted by atomic mass is 16.1. The maximum Gasteiger partial charge on any atom is 0.225 e. The number of rotatable bonds is 6. The lowest BCUT2D eigenvalue weighted by Gasteiger charge is -2.26. The van der Waals surface area contributed by atoms with E-state index < -0.39 is 0 Å². The van der Waals surface area contributed by atoms with Crippen molar-refractivity contribution >= 4 is 17.6 Å². The summed E-state index contributed by atoms with van der Waals surface area (Å²) < 4.78 is 1.88. The minimum atomic E-state index is 0.0545. The molecular weight excluding hydrogens is 376 g/mol. The van der Waals surface area contributed by atoms with Gasteiger partial charge in [0.05, 0.1) is 11.9 Å². The number of para-hydroxylation sites is 2. The normalized spacial score (nSPS) is 16.0. The summed E-state index contributed by atoms with van der Waals surface area (Å²) in [6.07, 6.45) is 5.25. The number of amides is 1. The number of guanidine groups is 1. The van der Waals surface area contributed by atoms with Crippen molar-refractivity contribution in [1.82, 2.24) is 20.4 Å². The summed E-state index contributed by atoms with van der Waals surface area (Å²) >= 11 is 0. The lowest BCUT2D eigenvalue weighted by Crippen LogP contribution is -2.41. The Kier molecular flexibility index (Phi) is 6.08. The molecule has 3 aromatic rings. The van der Waals surface area contributed by atoms with Crippen LogP contribution in [0.3, 0.4) is 0 Å². The van der Waals surface area contributed by atoms with Crippen molar-refractivity contribution in [3.8, 4) is 5.69 Å². The summed E-state index contributed by atoms with van der Waals surface area (Å²) in [5, 5.41) is 14.1. The van der Waals surface area contributed by atoms with E-state index in [0.29, 0.717) is 13.0 Å². The monoisotopic (exact) mass is 402 g/mol. The van der Waals surface area contributed by atoms with Crippen molar-refractivity contribution in [2.45, 2.75) is 18.8 Å². The van der Waals surface area contributed by atoms with Crippen molar-refractivity contribution in [3.05, 3.63) is 78.1 Å². The Labute approximate surface area is 176 Å². The summed E-state index contributed by atoms with van der Waals surface area (Å²) in [4.78, 5) is 16.3. The third kappa shape index (κ3) is 4.68. The molecular formula is C23H26N6O. The summed E-state index contributed by atoms with van der Waals surface area (Å²) in [7, 11) is 1.75. The van der Waals surface area contributed by atoms with E-state index >= 15 is 0 Å². The van der Waals surface area contributed by atoms with E-state index in [1.807, 2.05) is 65.6 Å². The second-order valence-electron chi connectivity index (χ2n) is 7.30. The van der Waals surface area contributed by atoms with E-state index in [1.165, 1.54) is 0 Å². The van der Waals surface area contributed by atoms with Gasteiger partial charge in [0.25, 0.3) is 0 Å². The molecule has 0 bridgehead atoms. The van der Waals surface area contributed by atoms with Crippen LogP contribution in [0.4, 0.5) is 5.69 Å². The highest BCUT2D eigenvalue weighted by Crippen LogP contribution is 2.31. The van der Waals surface area contributed by atoms with E-state index in [1.54, 1.807) is 7.05 Å². The molecule has 0 saturated carbocycles. The van der Waals surface area contributed by atoms with Crippen LogP contribution in [0, 0.1) is 0 Å². The Bertz CT molecular complexity index is 1030. The largest absolute Gasteiger partial charge is 0.356 e. The first-order chi connectivity index (χ1) is 14.7. The molecule has 0 fully saturated rings. The number of aromatic nitrogens is 2. The van der Waals surface area contributed by atoms with Gasteiger partial charge in [-0.1, -0.05) is 36.4 Å². The fourth-order valence-electron chi connectivity index (χ4n) is 3.66. The number of hydrogen-bond donors (Lipinski definition) is 3. The third-order valence-electron chi connectivity index (χ3n) is 5.21. The molecule has 0 radical (unpaired) electrons. The molecule has 0 aliphatic carbocycles. The van der Waals surface area contributed by atoms with Crippen LogP contribution in [-0.2, 0) is 11.2 Å². The number of nitrogens with one attached hydrogen (secondary N) is 3. The molecule has 2 aromatic carbocycles. The standard InChI is InChI=1S/C23H26N6O/c1-24-23(26-15-18-13-22(30)28-21-10-6-5-9-20(18)21)25-12-11-17-14-27-29(16-17)19-7-3-2-4-8-19/h2-10,14,16,18H,11-13,15H2,1H3,(H,28,30)(H2,24,25,26). The molecule has 1 atom stereocenters. The van der Waals surface area contributed by atoms with Crippen molar-refractivity contribution < 1.29 is 4.79 Å². The van der Waals surface area contributed by atoms with Crippen molar-refractivity contribution in [3.63, 3.8) is 0 Å². The van der Waals surface area contributed by atoms with Crippen LogP contribution < -0.4 is 16.0 Å². The fraction of sp³-hybridized carbons (Fsp3) is 0.261. The predicted octanol–water partition coefficient (Wildman–Crippen LogP) is 2.71. The van der Waals surface area contributed by atoms with Crippen molar-refractivity contribution in [1.29, 1.82) is 0 Å². The van der Waals surface area contributed by atoms with Gasteiger partial charge in [-0.2, -0.15) is 5.10 Å². The quantitative estimate of drug-likeness (QED) is 0.437. The van der Waals surface area contributed by atoms with E-state index in [2.05, 4.69) is 32.1 Å². The second kappa shape index (κ2) is 9.26. The summed E-state index contributed by atoms with van der Waals surface area (Å²) in [5.41, 5.74) is 4.26. The Morgan fingerprint density at radius 3 is 2.80 bits per heavy atom. The van der Waals surface area contributed by atoms with E-state index in [4.69, 9.17) is 0 Å². The summed E-state index contributed by atoms with van der Waals surface area (Å²) in [6, 6.07) is 18.0. The Balaban J connectivity index is 1.28. The number of anilines is 1. The third-order valence-corrected chi connectivity index (χ3v) is 5.21. The molecule has 1 amide bonds. The van der Waals surface area contributed by atoms with Gasteiger partial charge in [0.15, 0.2) is 5.96 Å². The van der Waals surface area contributed by atoms with E-state index in [9.17, 15) is 4.79 Å². The molecule has 1 aliphatic heterocycles. The lowest BCUT2D eigenvalue weighted by molar-refractivity contribution is -0.116. The molecule has 30 heavy (non-hydrogen) atoms. The van der Waals surface area contributed by atoms with Gasteiger partial charge < -0.3 is 16.0 Å². The first-order valence-corrected chi connectivity index (χ1v) is 10.1. The van der Waals surface area contributed by atoms with Crippen LogP contribution in [0.1, 0.15) is 23.5 Å². The van der Waals surface area contributed by atoms with E-state index in [0.717, 1.165) is 41.4 Å². The van der Waals surface area contributed by atoms with Gasteiger partial charge in [0.1, 0.15) is 0 Å². The Hall–Kier alpha value is -3.61. The lowest BCUT2D eigenvalue weighted by atomic mass is 9.90. The SMILES string of the molecule is CN=C(NCCc1cnn(-c2ccccc2)c1)NCC1CC(=O)Nc2ccccc21. The van der Waals surface area contributed by atoms with Gasteiger partial charge in [0.2, 0.25) is 5.91 Å². The van der Waals surface area contributed by atoms with E-state index in [-0.39, 0.29) is 11.8 Å². The number of hydrogen-bond acceptors (Lipinski definition) is 3. The number of carbonyl (C=O) groups is 1. The fourth-order valence-corrected chi connectivity index (χ4v) is 3.66. The second-order valence-corrected chi connectivity index (χ2v) is 7.30. The van der Waals surface area contributed by atoms with Gasteiger partial charge in [0, 0.05) is 44.4 Å². The Morgan fingerprint density at radius 1 is 1.17 bits per heavy atom. The smallest absolute Gasteiger partial charge is 0.225 e. The van der Waals surface area contributed by atoms with Crippen LogP contribution in [0.15, 0.2) is 72.0 Å². The first kappa shape index (κ1) is 19.7. The van der Waals surface area contributed by atoms with Crippen LogP contribution in [0.2, 0.25) is 0 Å². The molecule has 7 heteroatoms. The average Bonchev–Trinajstić information content (AvgIpc) is 3.25. The maximum absolute atomic E-state index is 12.0. The molecule has 3 N–H and O–H groups in total. The minimum Gasteiger partial charge on any atom is -0.356 e. The molecule has 4 rings (SSSR count). The van der Waals surface area contributed by atoms with Gasteiger partial charge >= 0.3 is 0 Å². The number of carbonyl (C=O) groups excluding carboxylic acids is 1. The zero-order chi connectivity index (χ0) is 20.8. The molecule has 0 spiro atoms. The molecule has 1 unspecified atom stereocenters. The molecule has 154 valence electrons. The molecule has 2 heterocycles. The van der Waals surface area contributed by atoms with Gasteiger partial charge in [-0.25, -0.2) is 4.68 Å². The number of benzene rings is 2. The Morgan fingerprint density at radius 2 is 1.97 bits per heavy atom. The molecule has 1 aromatic heterocycles. The van der Waals surface area contributed by atoms with Crippen LogP contribution in [0.5, 0.6) is 0 Å². The highest BCUT2D eigenvalue weighted by molar-refractivity contribution is 5.94. The number of fused-ring (bicyclic) bond motifs is 1. The van der Waals surface area contributed by atoms with Crippen LogP contribution >= 0.6 is 0 Å². The highest BCUT2D eigenvalue weighted by Gasteiger charge is 2.24. The summed E-state index contributed by atoms with van der Waals surface area (Å²) in [6.45, 7) is 1.39. The van der Waals surface area contributed by atoms with Gasteiger partial charge in [-0.15, -0.1) is 0 Å². The van der Waals surface area contributed by atoms with Gasteiger partial charge in [-0.05, 0) is 35.7 Å². The predicted molar refractivity (Wildman–Crippen MR) is 119 cm³/mol. The van der Waals surface area contributed by atoms with Crippen LogP contribution in [-0.4, -0.2) is 41.8 Å². The minimum absolute atomic E-state index is 0.0545. The topological polar surface area (TPSA) is 83.3 Å². The van der Waals surface area contributed by atoms with Crippen molar-refractivity contribution in [2.24, 2.45) is 4.99 Å². The zero-order valence-electron chi connectivity index (χ0n) is 17.0. The first-order valence-electron chi connectivity index (χ1n) is 10.1.